The molecule has 0 aliphatic rings. The van der Waals surface area contributed by atoms with Gasteiger partial charge < -0.3 is 10.1 Å². The Bertz CT molecular complexity index is 527. The summed E-state index contributed by atoms with van der Waals surface area (Å²) in [7, 11) is 0. The molecule has 0 fully saturated rings. The van der Waals surface area contributed by atoms with E-state index in [1.807, 2.05) is 18.2 Å². The topological polar surface area (TPSA) is 21.3 Å². The normalized spacial score (nSPS) is 12.3. The van der Waals surface area contributed by atoms with Gasteiger partial charge in [0.15, 0.2) is 0 Å². The molecule has 0 saturated heterocycles. The van der Waals surface area contributed by atoms with Gasteiger partial charge in [0, 0.05) is 23.0 Å². The molecule has 1 N–H and O–H groups in total. The van der Waals surface area contributed by atoms with E-state index in [1.54, 1.807) is 11.3 Å². The summed E-state index contributed by atoms with van der Waals surface area (Å²) in [6, 6.07) is 8.19. The van der Waals surface area contributed by atoms with Crippen molar-refractivity contribution in [2.45, 2.75) is 26.3 Å². The number of hydrogen-bond acceptors (Lipinski definition) is 3. The lowest BCUT2D eigenvalue weighted by atomic mass is 10.1. The Morgan fingerprint density at radius 2 is 2.20 bits per heavy atom. The lowest BCUT2D eigenvalue weighted by Gasteiger charge is -2.18. The van der Waals surface area contributed by atoms with Crippen LogP contribution in [0.2, 0.25) is 5.02 Å². The number of nitrogens with one attached hydrogen (secondary N) is 1. The Hall–Kier alpha value is -1.03. The molecule has 108 valence electrons. The zero-order chi connectivity index (χ0) is 14.4. The number of halogens is 1. The molecule has 20 heavy (non-hydrogen) atoms. The van der Waals surface area contributed by atoms with Gasteiger partial charge in [-0.2, -0.15) is 11.3 Å². The Balaban J connectivity index is 2.02. The predicted octanol–water partition coefficient (Wildman–Crippen LogP) is 4.69. The van der Waals surface area contributed by atoms with Crippen molar-refractivity contribution >= 4 is 22.9 Å². The molecule has 0 amide bonds. The van der Waals surface area contributed by atoms with E-state index in [2.05, 4.69) is 36.0 Å². The van der Waals surface area contributed by atoms with Crippen molar-refractivity contribution in [1.29, 1.82) is 0 Å². The van der Waals surface area contributed by atoms with Gasteiger partial charge in [-0.25, -0.2) is 0 Å². The number of benzene rings is 1. The van der Waals surface area contributed by atoms with Crippen LogP contribution in [0.3, 0.4) is 0 Å². The number of ether oxygens (including phenoxy) is 1. The van der Waals surface area contributed by atoms with Gasteiger partial charge in [0.2, 0.25) is 0 Å². The maximum atomic E-state index is 6.09. The smallest absolute Gasteiger partial charge is 0.124 e. The third-order valence-corrected chi connectivity index (χ3v) is 4.14. The Kier molecular flexibility index (Phi) is 5.89. The van der Waals surface area contributed by atoms with Gasteiger partial charge in [-0.3, -0.25) is 0 Å². The van der Waals surface area contributed by atoms with Crippen LogP contribution in [0, 0.1) is 0 Å². The summed E-state index contributed by atoms with van der Waals surface area (Å²) in [6.07, 6.45) is 0.932. The minimum atomic E-state index is 0.231. The van der Waals surface area contributed by atoms with Gasteiger partial charge in [-0.05, 0) is 54.1 Å². The average molecular weight is 310 g/mol. The maximum absolute atomic E-state index is 6.09. The van der Waals surface area contributed by atoms with Crippen molar-refractivity contribution in [1.82, 2.24) is 5.32 Å². The first-order chi connectivity index (χ1) is 9.70. The summed E-state index contributed by atoms with van der Waals surface area (Å²) in [6.45, 7) is 5.82. The lowest BCUT2D eigenvalue weighted by Crippen LogP contribution is -2.18. The van der Waals surface area contributed by atoms with E-state index in [0.29, 0.717) is 6.61 Å². The Morgan fingerprint density at radius 3 is 2.90 bits per heavy atom. The van der Waals surface area contributed by atoms with Gasteiger partial charge >= 0.3 is 0 Å². The third kappa shape index (κ3) is 4.23. The van der Waals surface area contributed by atoms with Crippen molar-refractivity contribution < 1.29 is 4.74 Å². The van der Waals surface area contributed by atoms with Gasteiger partial charge in [0.05, 0.1) is 6.61 Å². The second-order valence-electron chi connectivity index (χ2n) is 4.69. The summed E-state index contributed by atoms with van der Waals surface area (Å²) in [4.78, 5) is 0. The third-order valence-electron chi connectivity index (χ3n) is 3.18. The van der Waals surface area contributed by atoms with Gasteiger partial charge in [-0.15, -0.1) is 0 Å². The molecule has 0 bridgehead atoms. The highest BCUT2D eigenvalue weighted by atomic mass is 35.5. The average Bonchev–Trinajstić information content (AvgIpc) is 2.94. The van der Waals surface area contributed by atoms with Crippen LogP contribution in [0.1, 0.15) is 31.0 Å². The van der Waals surface area contributed by atoms with Crippen molar-refractivity contribution in [2.24, 2.45) is 0 Å². The molecule has 2 nitrogen and oxygen atoms in total. The molecule has 0 aliphatic heterocycles. The molecular weight excluding hydrogens is 290 g/mol. The maximum Gasteiger partial charge on any atom is 0.124 e. The first-order valence-corrected chi connectivity index (χ1v) is 8.19. The van der Waals surface area contributed by atoms with Crippen LogP contribution in [-0.4, -0.2) is 13.2 Å². The molecule has 2 aromatic rings. The Labute approximate surface area is 129 Å². The second-order valence-corrected chi connectivity index (χ2v) is 5.91. The van der Waals surface area contributed by atoms with Crippen molar-refractivity contribution in [3.63, 3.8) is 0 Å². The van der Waals surface area contributed by atoms with Crippen molar-refractivity contribution in [2.75, 3.05) is 13.2 Å². The van der Waals surface area contributed by atoms with Crippen LogP contribution in [0.25, 0.3) is 0 Å². The molecule has 1 aromatic heterocycles. The van der Waals surface area contributed by atoms with E-state index in [1.165, 1.54) is 5.56 Å². The lowest BCUT2D eigenvalue weighted by molar-refractivity contribution is 0.315. The van der Waals surface area contributed by atoms with Gasteiger partial charge in [-0.1, -0.05) is 18.5 Å². The largest absolute Gasteiger partial charge is 0.493 e. The van der Waals surface area contributed by atoms with E-state index >= 15 is 0 Å². The van der Waals surface area contributed by atoms with Crippen molar-refractivity contribution in [3.8, 4) is 5.75 Å². The summed E-state index contributed by atoms with van der Waals surface area (Å²) < 4.78 is 5.94. The molecule has 2 rings (SSSR count). The van der Waals surface area contributed by atoms with E-state index < -0.39 is 0 Å². The molecular formula is C16H20ClNOS. The highest BCUT2D eigenvalue weighted by Crippen LogP contribution is 2.28. The second kappa shape index (κ2) is 7.67. The van der Waals surface area contributed by atoms with Crippen LogP contribution < -0.4 is 10.1 Å². The summed E-state index contributed by atoms with van der Waals surface area (Å²) >= 11 is 7.81. The zero-order valence-electron chi connectivity index (χ0n) is 11.9. The zero-order valence-corrected chi connectivity index (χ0v) is 13.4. The van der Waals surface area contributed by atoms with E-state index in [9.17, 15) is 0 Å². The van der Waals surface area contributed by atoms with E-state index in [-0.39, 0.29) is 6.04 Å². The summed E-state index contributed by atoms with van der Waals surface area (Å²) in [5.74, 6) is 0.915. The van der Waals surface area contributed by atoms with Crippen LogP contribution in [0.15, 0.2) is 35.0 Å². The monoisotopic (exact) mass is 309 g/mol. The quantitative estimate of drug-likeness (QED) is 0.801. The fourth-order valence-corrected chi connectivity index (χ4v) is 3.00. The minimum absolute atomic E-state index is 0.231. The van der Waals surface area contributed by atoms with E-state index in [0.717, 1.165) is 29.3 Å². The van der Waals surface area contributed by atoms with Crippen LogP contribution in [-0.2, 0) is 6.42 Å². The molecule has 0 saturated carbocycles. The molecule has 1 aromatic carbocycles. The molecule has 1 atom stereocenters. The molecule has 1 heterocycles. The summed E-state index contributed by atoms with van der Waals surface area (Å²) in [5, 5.41) is 8.40. The van der Waals surface area contributed by atoms with Gasteiger partial charge in [0.25, 0.3) is 0 Å². The van der Waals surface area contributed by atoms with Crippen LogP contribution in [0.5, 0.6) is 5.75 Å². The molecule has 0 aliphatic carbocycles. The number of rotatable bonds is 7. The first kappa shape index (κ1) is 15.4. The number of hydrogen-bond donors (Lipinski definition) is 1. The molecule has 0 spiro atoms. The predicted molar refractivity (Wildman–Crippen MR) is 87.1 cm³/mol. The SMILES string of the molecule is CCNC(C)c1cc(Cl)ccc1OCCc1ccsc1. The Morgan fingerprint density at radius 1 is 1.35 bits per heavy atom. The van der Waals surface area contributed by atoms with Crippen molar-refractivity contribution in [3.05, 3.63) is 51.2 Å². The van der Waals surface area contributed by atoms with Crippen LogP contribution in [0.4, 0.5) is 0 Å². The fourth-order valence-electron chi connectivity index (χ4n) is 2.12. The molecule has 0 radical (unpaired) electrons. The molecule has 4 heteroatoms. The fraction of sp³-hybridized carbons (Fsp3) is 0.375. The summed E-state index contributed by atoms with van der Waals surface area (Å²) in [5.41, 5.74) is 2.44. The minimum Gasteiger partial charge on any atom is -0.493 e. The standard InChI is InChI=1S/C16H20ClNOS/c1-3-18-12(2)15-10-14(17)4-5-16(15)19-8-6-13-7-9-20-11-13/h4-5,7,9-12,18H,3,6,8H2,1-2H3. The highest BCUT2D eigenvalue weighted by molar-refractivity contribution is 7.07. The van der Waals surface area contributed by atoms with Crippen LogP contribution >= 0.6 is 22.9 Å². The highest BCUT2D eigenvalue weighted by Gasteiger charge is 2.11. The first-order valence-electron chi connectivity index (χ1n) is 6.87. The molecule has 1 unspecified atom stereocenters. The van der Waals surface area contributed by atoms with Gasteiger partial charge in [0.1, 0.15) is 5.75 Å². The number of thiophene rings is 1. The van der Waals surface area contributed by atoms with E-state index in [4.69, 9.17) is 16.3 Å².